The highest BCUT2D eigenvalue weighted by molar-refractivity contribution is 5.22. The van der Waals surface area contributed by atoms with Gasteiger partial charge in [0.15, 0.2) is 0 Å². The van der Waals surface area contributed by atoms with E-state index in [4.69, 9.17) is 0 Å². The summed E-state index contributed by atoms with van der Waals surface area (Å²) in [5, 5.41) is 18.0. The Morgan fingerprint density at radius 3 is 1.28 bits per heavy atom. The van der Waals surface area contributed by atoms with Crippen LogP contribution < -0.4 is 26.6 Å². The summed E-state index contributed by atoms with van der Waals surface area (Å²) in [7, 11) is 0. The zero-order chi connectivity index (χ0) is 24.9. The minimum Gasteiger partial charge on any atom is -0.317 e. The molecule has 0 aromatic heterocycles. The summed E-state index contributed by atoms with van der Waals surface area (Å²) in [5.41, 5.74) is 2.87. The Morgan fingerprint density at radius 2 is 0.778 bits per heavy atom. The molecule has 5 N–H and O–H groups in total. The molecule has 3 rings (SSSR count). The molecule has 36 heavy (non-hydrogen) atoms. The summed E-state index contributed by atoms with van der Waals surface area (Å²) in [4.78, 5) is 5.25. The maximum atomic E-state index is 3.67. The van der Waals surface area contributed by atoms with Crippen LogP contribution in [0.15, 0.2) is 24.3 Å². The summed E-state index contributed by atoms with van der Waals surface area (Å²) in [6.45, 7) is 17.8. The zero-order valence-corrected chi connectivity index (χ0v) is 23.0. The molecule has 0 saturated carbocycles. The molecule has 7 nitrogen and oxygen atoms in total. The fraction of sp³-hybridized carbons (Fsp3) is 0.793. The predicted octanol–water partition coefficient (Wildman–Crippen LogP) is 2.00. The molecule has 2 aliphatic heterocycles. The molecule has 2 saturated heterocycles. The van der Waals surface area contributed by atoms with Gasteiger partial charge in [0, 0.05) is 52.4 Å². The Kier molecular flexibility index (Phi) is 16.4. The number of nitrogens with one attached hydrogen (secondary N) is 5. The third-order valence-corrected chi connectivity index (χ3v) is 7.34. The molecule has 1 aromatic rings. The molecule has 1 aromatic carbocycles. The lowest BCUT2D eigenvalue weighted by Gasteiger charge is -2.24. The van der Waals surface area contributed by atoms with E-state index >= 15 is 0 Å². The molecule has 0 bridgehead atoms. The first-order valence-electron chi connectivity index (χ1n) is 15.0. The second kappa shape index (κ2) is 20.0. The average Bonchev–Trinajstić information content (AvgIpc) is 2.89. The first-order valence-corrected chi connectivity index (χ1v) is 15.0. The molecular formula is C29H55N7. The molecule has 0 spiro atoms. The van der Waals surface area contributed by atoms with Crippen LogP contribution in [0.5, 0.6) is 0 Å². The van der Waals surface area contributed by atoms with Crippen LogP contribution in [-0.4, -0.2) is 101 Å². The standard InChI is InChI=1S/C29H55N7/c1-2-4-13-33-20-24-35(22-6-16-30-12-3-1)26-28-8-10-29(11-9-28)27-36-23-7-17-32-19-18-31-14-5-15-34-21-25-36/h8-11,30-34H,1-7,12-27H2. The summed E-state index contributed by atoms with van der Waals surface area (Å²) < 4.78 is 0. The second-order valence-corrected chi connectivity index (χ2v) is 10.6. The van der Waals surface area contributed by atoms with Gasteiger partial charge in [-0.3, -0.25) is 9.80 Å². The molecule has 2 fully saturated rings. The molecular weight excluding hydrogens is 446 g/mol. The van der Waals surface area contributed by atoms with E-state index in [1.165, 1.54) is 69.2 Å². The molecule has 0 aliphatic carbocycles. The highest BCUT2D eigenvalue weighted by Crippen LogP contribution is 2.11. The van der Waals surface area contributed by atoms with Gasteiger partial charge in [-0.2, -0.15) is 0 Å². The van der Waals surface area contributed by atoms with Crippen molar-refractivity contribution in [2.24, 2.45) is 0 Å². The van der Waals surface area contributed by atoms with Gasteiger partial charge >= 0.3 is 0 Å². The van der Waals surface area contributed by atoms with E-state index in [-0.39, 0.29) is 0 Å². The van der Waals surface area contributed by atoms with Crippen molar-refractivity contribution in [2.75, 3.05) is 91.6 Å². The number of hydrogen-bond acceptors (Lipinski definition) is 7. The molecule has 0 atom stereocenters. The molecule has 2 aliphatic rings. The molecule has 0 unspecified atom stereocenters. The van der Waals surface area contributed by atoms with Crippen molar-refractivity contribution in [3.8, 4) is 0 Å². The van der Waals surface area contributed by atoms with Gasteiger partial charge in [0.1, 0.15) is 0 Å². The highest BCUT2D eigenvalue weighted by atomic mass is 15.1. The summed E-state index contributed by atoms with van der Waals surface area (Å²) >= 11 is 0. The normalized spacial score (nSPS) is 22.9. The van der Waals surface area contributed by atoms with Crippen LogP contribution >= 0.6 is 0 Å². The van der Waals surface area contributed by atoms with E-state index < -0.39 is 0 Å². The third kappa shape index (κ3) is 14.0. The van der Waals surface area contributed by atoms with Gasteiger partial charge in [-0.1, -0.05) is 37.1 Å². The second-order valence-electron chi connectivity index (χ2n) is 10.6. The van der Waals surface area contributed by atoms with E-state index in [0.29, 0.717) is 0 Å². The van der Waals surface area contributed by atoms with E-state index in [1.54, 1.807) is 0 Å². The van der Waals surface area contributed by atoms with Crippen LogP contribution in [0.3, 0.4) is 0 Å². The maximum absolute atomic E-state index is 3.67. The van der Waals surface area contributed by atoms with Crippen molar-refractivity contribution >= 4 is 0 Å². The Balaban J connectivity index is 1.45. The molecule has 2 heterocycles. The van der Waals surface area contributed by atoms with Gasteiger partial charge in [0.25, 0.3) is 0 Å². The topological polar surface area (TPSA) is 66.6 Å². The van der Waals surface area contributed by atoms with E-state index in [0.717, 1.165) is 91.6 Å². The van der Waals surface area contributed by atoms with Crippen molar-refractivity contribution < 1.29 is 0 Å². The Hall–Kier alpha value is -1.06. The number of hydrogen-bond donors (Lipinski definition) is 5. The number of benzene rings is 1. The van der Waals surface area contributed by atoms with Crippen LogP contribution in [0, 0.1) is 0 Å². The van der Waals surface area contributed by atoms with Gasteiger partial charge in [-0.25, -0.2) is 0 Å². The fourth-order valence-electron chi connectivity index (χ4n) is 5.13. The minimum absolute atomic E-state index is 1.04. The van der Waals surface area contributed by atoms with Crippen LogP contribution in [0.1, 0.15) is 56.1 Å². The monoisotopic (exact) mass is 501 g/mol. The van der Waals surface area contributed by atoms with Crippen LogP contribution in [0.25, 0.3) is 0 Å². The minimum atomic E-state index is 1.04. The van der Waals surface area contributed by atoms with Gasteiger partial charge in [0.05, 0.1) is 0 Å². The Morgan fingerprint density at radius 1 is 0.389 bits per heavy atom. The van der Waals surface area contributed by atoms with Gasteiger partial charge in [-0.05, 0) is 95.6 Å². The van der Waals surface area contributed by atoms with Gasteiger partial charge in [0.2, 0.25) is 0 Å². The van der Waals surface area contributed by atoms with Crippen LogP contribution in [0.2, 0.25) is 0 Å². The van der Waals surface area contributed by atoms with E-state index in [1.807, 2.05) is 0 Å². The van der Waals surface area contributed by atoms with Crippen molar-refractivity contribution in [1.82, 2.24) is 36.4 Å². The molecule has 0 radical (unpaired) electrons. The summed E-state index contributed by atoms with van der Waals surface area (Å²) in [5.74, 6) is 0. The van der Waals surface area contributed by atoms with E-state index in [2.05, 4.69) is 60.6 Å². The highest BCUT2D eigenvalue weighted by Gasteiger charge is 2.09. The van der Waals surface area contributed by atoms with Crippen molar-refractivity contribution in [1.29, 1.82) is 0 Å². The van der Waals surface area contributed by atoms with Gasteiger partial charge < -0.3 is 26.6 Å². The summed E-state index contributed by atoms with van der Waals surface area (Å²) in [6, 6.07) is 9.45. The lowest BCUT2D eigenvalue weighted by molar-refractivity contribution is 0.257. The average molecular weight is 502 g/mol. The number of rotatable bonds is 4. The van der Waals surface area contributed by atoms with Crippen molar-refractivity contribution in [2.45, 2.75) is 58.0 Å². The third-order valence-electron chi connectivity index (χ3n) is 7.34. The zero-order valence-electron chi connectivity index (χ0n) is 23.0. The lowest BCUT2D eigenvalue weighted by atomic mass is 10.1. The molecule has 0 amide bonds. The molecule has 206 valence electrons. The fourth-order valence-corrected chi connectivity index (χ4v) is 5.13. The maximum Gasteiger partial charge on any atom is 0.0234 e. The van der Waals surface area contributed by atoms with Gasteiger partial charge in [-0.15, -0.1) is 0 Å². The summed E-state index contributed by atoms with van der Waals surface area (Å²) in [6.07, 6.45) is 8.97. The van der Waals surface area contributed by atoms with Crippen LogP contribution in [0.4, 0.5) is 0 Å². The first kappa shape index (κ1) is 29.5. The predicted molar refractivity (Wildman–Crippen MR) is 154 cm³/mol. The lowest BCUT2D eigenvalue weighted by Crippen LogP contribution is -2.36. The Labute approximate surface area is 221 Å². The van der Waals surface area contributed by atoms with Crippen molar-refractivity contribution in [3.63, 3.8) is 0 Å². The number of nitrogens with zero attached hydrogens (tertiary/aromatic N) is 2. The van der Waals surface area contributed by atoms with Crippen LogP contribution in [-0.2, 0) is 13.1 Å². The SMILES string of the molecule is c1cc(CN2CCCNCCNCCCNCC2)ccc1CN1CCCNCCCCCCNCC1. The quantitative estimate of drug-likeness (QED) is 0.432. The Bertz CT molecular complexity index is 556. The van der Waals surface area contributed by atoms with E-state index in [9.17, 15) is 0 Å². The first-order chi connectivity index (χ1) is 17.9. The smallest absolute Gasteiger partial charge is 0.0234 e. The van der Waals surface area contributed by atoms with Crippen molar-refractivity contribution in [3.05, 3.63) is 35.4 Å². The molecule has 7 heteroatoms. The largest absolute Gasteiger partial charge is 0.317 e.